The molecular weight excluding hydrogens is 363 g/mol. The first-order valence-corrected chi connectivity index (χ1v) is 9.00. The van der Waals surface area contributed by atoms with Crippen molar-refractivity contribution >= 4 is 22.5 Å². The number of H-pyrrole nitrogens is 1. The number of anilines is 1. The van der Waals surface area contributed by atoms with E-state index in [4.69, 9.17) is 10.5 Å². The summed E-state index contributed by atoms with van der Waals surface area (Å²) < 4.78 is 19.8. The molecule has 7 nitrogen and oxygen atoms in total. The highest BCUT2D eigenvalue weighted by Crippen LogP contribution is 2.31. The average Bonchev–Trinajstić information content (AvgIpc) is 2.68. The Balaban J connectivity index is 2.21. The monoisotopic (exact) mass is 384 g/mol. The van der Waals surface area contributed by atoms with Gasteiger partial charge in [-0.15, -0.1) is 0 Å². The number of rotatable bonds is 6. The van der Waals surface area contributed by atoms with Crippen LogP contribution in [0.1, 0.15) is 30.6 Å². The number of hydrogen-bond donors (Lipinski definition) is 3. The van der Waals surface area contributed by atoms with Crippen LogP contribution >= 0.6 is 0 Å². The molecular formula is C20H21FN4O3. The molecule has 0 spiro atoms. The van der Waals surface area contributed by atoms with Gasteiger partial charge in [-0.1, -0.05) is 25.1 Å². The molecule has 0 atom stereocenters. The van der Waals surface area contributed by atoms with Gasteiger partial charge in [0.05, 0.1) is 17.8 Å². The lowest BCUT2D eigenvalue weighted by molar-refractivity contribution is 0.0953. The Morgan fingerprint density at radius 1 is 1.29 bits per heavy atom. The number of amides is 1. The van der Waals surface area contributed by atoms with E-state index in [-0.39, 0.29) is 22.8 Å². The lowest BCUT2D eigenvalue weighted by Crippen LogP contribution is -2.31. The molecule has 0 aliphatic carbocycles. The van der Waals surface area contributed by atoms with Crippen molar-refractivity contribution in [1.82, 2.24) is 15.3 Å². The van der Waals surface area contributed by atoms with Gasteiger partial charge in [-0.3, -0.25) is 9.59 Å². The molecule has 2 aromatic heterocycles. The van der Waals surface area contributed by atoms with E-state index in [0.29, 0.717) is 29.6 Å². The lowest BCUT2D eigenvalue weighted by Gasteiger charge is -2.12. The van der Waals surface area contributed by atoms with E-state index in [1.165, 1.54) is 12.1 Å². The summed E-state index contributed by atoms with van der Waals surface area (Å²) in [6.07, 6.45) is 0.725. The molecule has 1 amide bonds. The Labute approximate surface area is 160 Å². The van der Waals surface area contributed by atoms with Gasteiger partial charge in [-0.2, -0.15) is 0 Å². The van der Waals surface area contributed by atoms with E-state index in [0.717, 1.165) is 6.42 Å². The zero-order valence-electron chi connectivity index (χ0n) is 15.6. The second kappa shape index (κ2) is 8.08. The predicted octanol–water partition coefficient (Wildman–Crippen LogP) is 2.85. The van der Waals surface area contributed by atoms with Crippen LogP contribution < -0.4 is 21.3 Å². The number of fused-ring (bicyclic) bond motifs is 1. The number of halogens is 1. The first kappa shape index (κ1) is 19.3. The van der Waals surface area contributed by atoms with Crippen LogP contribution in [-0.4, -0.2) is 29.0 Å². The molecule has 0 saturated heterocycles. The van der Waals surface area contributed by atoms with Crippen LogP contribution in [-0.2, 0) is 0 Å². The van der Waals surface area contributed by atoms with Gasteiger partial charge in [0.25, 0.3) is 11.5 Å². The van der Waals surface area contributed by atoms with Gasteiger partial charge >= 0.3 is 0 Å². The first-order chi connectivity index (χ1) is 13.5. The normalized spacial score (nSPS) is 10.8. The number of carbonyl (C=O) groups is 1. The zero-order chi connectivity index (χ0) is 20.3. The summed E-state index contributed by atoms with van der Waals surface area (Å²) in [5.41, 5.74) is 6.04. The number of pyridine rings is 2. The van der Waals surface area contributed by atoms with E-state index in [1.807, 2.05) is 6.92 Å². The fourth-order valence-electron chi connectivity index (χ4n) is 2.94. The molecule has 0 fully saturated rings. The molecule has 8 heteroatoms. The number of nitrogen functional groups attached to an aromatic ring is 1. The Morgan fingerprint density at radius 3 is 2.79 bits per heavy atom. The van der Waals surface area contributed by atoms with Crippen molar-refractivity contribution in [3.8, 4) is 17.1 Å². The summed E-state index contributed by atoms with van der Waals surface area (Å²) >= 11 is 0. The summed E-state index contributed by atoms with van der Waals surface area (Å²) in [4.78, 5) is 31.7. The van der Waals surface area contributed by atoms with Gasteiger partial charge in [0, 0.05) is 23.6 Å². The third-order valence-corrected chi connectivity index (χ3v) is 4.22. The minimum absolute atomic E-state index is 0.0229. The van der Waals surface area contributed by atoms with Gasteiger partial charge in [0.1, 0.15) is 17.1 Å². The largest absolute Gasteiger partial charge is 0.478 e. The van der Waals surface area contributed by atoms with Crippen molar-refractivity contribution in [1.29, 1.82) is 0 Å². The van der Waals surface area contributed by atoms with Crippen molar-refractivity contribution in [2.24, 2.45) is 0 Å². The number of nitrogens with one attached hydrogen (secondary N) is 2. The van der Waals surface area contributed by atoms with Gasteiger partial charge < -0.3 is 20.8 Å². The number of para-hydroxylation sites is 1. The molecule has 0 bridgehead atoms. The second-order valence-corrected chi connectivity index (χ2v) is 6.14. The Kier molecular flexibility index (Phi) is 5.58. The third kappa shape index (κ3) is 3.53. The summed E-state index contributed by atoms with van der Waals surface area (Å²) in [7, 11) is 0. The predicted molar refractivity (Wildman–Crippen MR) is 106 cm³/mol. The highest BCUT2D eigenvalue weighted by atomic mass is 19.1. The van der Waals surface area contributed by atoms with Gasteiger partial charge in [-0.05, 0) is 19.4 Å². The average molecular weight is 384 g/mol. The van der Waals surface area contributed by atoms with Gasteiger partial charge in [-0.25, -0.2) is 9.37 Å². The van der Waals surface area contributed by atoms with Gasteiger partial charge in [0.2, 0.25) is 5.88 Å². The maximum Gasteiger partial charge on any atom is 0.263 e. The summed E-state index contributed by atoms with van der Waals surface area (Å²) in [5, 5.41) is 3.08. The summed E-state index contributed by atoms with van der Waals surface area (Å²) in [6, 6.07) is 7.62. The Morgan fingerprint density at radius 2 is 2.07 bits per heavy atom. The standard InChI is InChI=1S/C20H21FN4O3/c1-3-10-23-19(26)15-16(22)11-6-5-7-12(17(11)25-20(15)27)18-13(21)8-9-14(24-18)28-4-2/h5-9H,3-4,10H2,1-2H3,(H,23,26)(H3,22,25,27). The van der Waals surface area contributed by atoms with E-state index >= 15 is 0 Å². The highest BCUT2D eigenvalue weighted by molar-refractivity contribution is 6.08. The van der Waals surface area contributed by atoms with Crippen LogP contribution in [0.4, 0.5) is 10.1 Å². The van der Waals surface area contributed by atoms with E-state index < -0.39 is 17.3 Å². The van der Waals surface area contributed by atoms with Crippen molar-refractivity contribution in [2.45, 2.75) is 20.3 Å². The molecule has 3 aromatic rings. The Hall–Kier alpha value is -3.42. The number of nitrogens with zero attached hydrogens (tertiary/aromatic N) is 1. The Bertz CT molecular complexity index is 1090. The topological polar surface area (TPSA) is 110 Å². The number of carbonyl (C=O) groups excluding carboxylic acids is 1. The van der Waals surface area contributed by atoms with Crippen LogP contribution in [0.3, 0.4) is 0 Å². The lowest BCUT2D eigenvalue weighted by atomic mass is 10.0. The first-order valence-electron chi connectivity index (χ1n) is 9.00. The molecule has 3 rings (SSSR count). The minimum atomic E-state index is -0.646. The smallest absolute Gasteiger partial charge is 0.263 e. The molecule has 2 heterocycles. The van der Waals surface area contributed by atoms with Crippen molar-refractivity contribution in [3.05, 3.63) is 52.1 Å². The minimum Gasteiger partial charge on any atom is -0.478 e. The highest BCUT2D eigenvalue weighted by Gasteiger charge is 2.20. The number of aromatic nitrogens is 2. The molecule has 0 unspecified atom stereocenters. The number of ether oxygens (including phenoxy) is 1. The van der Waals surface area contributed by atoms with Crippen LogP contribution in [0.15, 0.2) is 35.1 Å². The van der Waals surface area contributed by atoms with Crippen molar-refractivity contribution < 1.29 is 13.9 Å². The summed E-state index contributed by atoms with van der Waals surface area (Å²) in [6.45, 7) is 4.51. The second-order valence-electron chi connectivity index (χ2n) is 6.14. The van der Waals surface area contributed by atoms with Crippen LogP contribution in [0.5, 0.6) is 5.88 Å². The SMILES string of the molecule is CCCNC(=O)c1c(N)c2cccc(-c3nc(OCC)ccc3F)c2[nH]c1=O. The maximum atomic E-state index is 14.5. The fraction of sp³-hybridized carbons (Fsp3) is 0.250. The van der Waals surface area contributed by atoms with Crippen molar-refractivity contribution in [3.63, 3.8) is 0 Å². The molecule has 0 aliphatic rings. The maximum absolute atomic E-state index is 14.5. The van der Waals surface area contributed by atoms with E-state index in [2.05, 4.69) is 15.3 Å². The van der Waals surface area contributed by atoms with Crippen LogP contribution in [0.2, 0.25) is 0 Å². The molecule has 1 aromatic carbocycles. The van der Waals surface area contributed by atoms with E-state index in [1.54, 1.807) is 25.1 Å². The molecule has 0 aliphatic heterocycles. The number of nitrogens with two attached hydrogens (primary N) is 1. The molecule has 146 valence electrons. The van der Waals surface area contributed by atoms with Gasteiger partial charge in [0.15, 0.2) is 0 Å². The number of aromatic amines is 1. The number of hydrogen-bond acceptors (Lipinski definition) is 5. The van der Waals surface area contributed by atoms with Crippen molar-refractivity contribution in [2.75, 3.05) is 18.9 Å². The number of benzene rings is 1. The van der Waals surface area contributed by atoms with E-state index in [9.17, 15) is 14.0 Å². The molecule has 0 radical (unpaired) electrons. The van der Waals surface area contributed by atoms with Crippen LogP contribution in [0, 0.1) is 5.82 Å². The van der Waals surface area contributed by atoms with Crippen LogP contribution in [0.25, 0.3) is 22.2 Å². The third-order valence-electron chi connectivity index (χ3n) is 4.22. The fourth-order valence-corrected chi connectivity index (χ4v) is 2.94. The summed E-state index contributed by atoms with van der Waals surface area (Å²) in [5.74, 6) is -0.850. The zero-order valence-corrected chi connectivity index (χ0v) is 15.6. The molecule has 4 N–H and O–H groups in total. The quantitative estimate of drug-likeness (QED) is 0.605. The molecule has 28 heavy (non-hydrogen) atoms. The molecule has 0 saturated carbocycles.